The van der Waals surface area contributed by atoms with E-state index in [1.807, 2.05) is 13.0 Å². The molecule has 0 atom stereocenters. The van der Waals surface area contributed by atoms with Crippen LogP contribution in [0.1, 0.15) is 36.6 Å². The van der Waals surface area contributed by atoms with E-state index in [9.17, 15) is 14.4 Å². The minimum absolute atomic E-state index is 0.113. The largest absolute Gasteiger partial charge is 0.350 e. The van der Waals surface area contributed by atoms with E-state index in [4.69, 9.17) is 11.6 Å². The summed E-state index contributed by atoms with van der Waals surface area (Å²) in [4.78, 5) is 37.7. The molecular formula is C18H15ClN2O3. The SMILES string of the molecule is Cc1cccc(C(=O)NCCN2C(=O)c3ccc(Cl)cc3C2=O)c1. The molecule has 0 aliphatic carbocycles. The van der Waals surface area contributed by atoms with Crippen LogP contribution in [-0.4, -0.2) is 35.7 Å². The van der Waals surface area contributed by atoms with Crippen molar-refractivity contribution in [3.63, 3.8) is 0 Å². The standard InChI is InChI=1S/C18H15ClN2O3/c1-11-3-2-4-12(9-11)16(22)20-7-8-21-17(23)14-6-5-13(19)10-15(14)18(21)24/h2-6,9-10H,7-8H2,1H3,(H,20,22). The van der Waals surface area contributed by atoms with Crippen LogP contribution < -0.4 is 5.32 Å². The van der Waals surface area contributed by atoms with E-state index in [2.05, 4.69) is 5.32 Å². The van der Waals surface area contributed by atoms with E-state index in [1.165, 1.54) is 6.07 Å². The maximum atomic E-state index is 12.3. The molecule has 1 aliphatic heterocycles. The molecule has 3 rings (SSSR count). The van der Waals surface area contributed by atoms with Crippen LogP contribution in [0.25, 0.3) is 0 Å². The van der Waals surface area contributed by atoms with Crippen LogP contribution in [0.3, 0.4) is 0 Å². The lowest BCUT2D eigenvalue weighted by Gasteiger charge is -2.14. The van der Waals surface area contributed by atoms with Crippen LogP contribution in [-0.2, 0) is 0 Å². The highest BCUT2D eigenvalue weighted by Crippen LogP contribution is 2.25. The van der Waals surface area contributed by atoms with E-state index >= 15 is 0 Å². The van der Waals surface area contributed by atoms with E-state index < -0.39 is 0 Å². The second-order valence-corrected chi connectivity index (χ2v) is 6.01. The summed E-state index contributed by atoms with van der Waals surface area (Å²) in [6.45, 7) is 2.20. The molecule has 0 aromatic heterocycles. The van der Waals surface area contributed by atoms with Gasteiger partial charge in [0.1, 0.15) is 0 Å². The Bertz CT molecular complexity index is 848. The lowest BCUT2D eigenvalue weighted by molar-refractivity contribution is 0.0650. The molecule has 0 radical (unpaired) electrons. The monoisotopic (exact) mass is 342 g/mol. The number of hydrogen-bond acceptors (Lipinski definition) is 3. The van der Waals surface area contributed by atoms with Gasteiger partial charge in [-0.1, -0.05) is 29.3 Å². The number of hydrogen-bond donors (Lipinski definition) is 1. The molecule has 0 spiro atoms. The van der Waals surface area contributed by atoms with Gasteiger partial charge in [0.15, 0.2) is 0 Å². The Hall–Kier alpha value is -2.66. The molecule has 3 amide bonds. The molecule has 0 saturated heterocycles. The quantitative estimate of drug-likeness (QED) is 0.869. The molecule has 6 heteroatoms. The summed E-state index contributed by atoms with van der Waals surface area (Å²) >= 11 is 5.87. The number of benzene rings is 2. The van der Waals surface area contributed by atoms with Gasteiger partial charge >= 0.3 is 0 Å². The highest BCUT2D eigenvalue weighted by Gasteiger charge is 2.35. The van der Waals surface area contributed by atoms with Crippen molar-refractivity contribution in [1.29, 1.82) is 0 Å². The lowest BCUT2D eigenvalue weighted by Crippen LogP contribution is -2.38. The number of nitrogens with zero attached hydrogens (tertiary/aromatic N) is 1. The first-order valence-electron chi connectivity index (χ1n) is 7.48. The minimum atomic E-state index is -0.387. The zero-order valence-corrected chi connectivity index (χ0v) is 13.8. The van der Waals surface area contributed by atoms with Crippen molar-refractivity contribution in [3.8, 4) is 0 Å². The topological polar surface area (TPSA) is 66.5 Å². The van der Waals surface area contributed by atoms with Gasteiger partial charge in [-0.05, 0) is 37.3 Å². The van der Waals surface area contributed by atoms with E-state index in [-0.39, 0.29) is 30.8 Å². The molecule has 2 aromatic rings. The number of carbonyl (C=O) groups is 3. The normalized spacial score (nSPS) is 13.2. The number of fused-ring (bicyclic) bond motifs is 1. The van der Waals surface area contributed by atoms with Crippen LogP contribution >= 0.6 is 11.6 Å². The second-order valence-electron chi connectivity index (χ2n) is 5.58. The summed E-state index contributed by atoms with van der Waals surface area (Å²) in [5.41, 5.74) is 2.18. The van der Waals surface area contributed by atoms with E-state index in [0.717, 1.165) is 10.5 Å². The first kappa shape index (κ1) is 16.2. The van der Waals surface area contributed by atoms with Gasteiger partial charge in [-0.3, -0.25) is 19.3 Å². The maximum absolute atomic E-state index is 12.3. The van der Waals surface area contributed by atoms with Crippen molar-refractivity contribution < 1.29 is 14.4 Å². The Morgan fingerprint density at radius 2 is 1.83 bits per heavy atom. The number of rotatable bonds is 4. The summed E-state index contributed by atoms with van der Waals surface area (Å²) in [6, 6.07) is 11.8. The number of halogens is 1. The molecule has 0 unspecified atom stereocenters. The van der Waals surface area contributed by atoms with Crippen molar-refractivity contribution in [1.82, 2.24) is 10.2 Å². The van der Waals surface area contributed by atoms with Gasteiger partial charge in [0.2, 0.25) is 0 Å². The number of nitrogens with one attached hydrogen (secondary N) is 1. The van der Waals surface area contributed by atoms with Crippen molar-refractivity contribution in [2.45, 2.75) is 6.92 Å². The molecule has 24 heavy (non-hydrogen) atoms. The van der Waals surface area contributed by atoms with E-state index in [1.54, 1.807) is 30.3 Å². The number of imide groups is 1. The fraction of sp³-hybridized carbons (Fsp3) is 0.167. The van der Waals surface area contributed by atoms with Crippen molar-refractivity contribution in [3.05, 3.63) is 69.7 Å². The van der Waals surface area contributed by atoms with Crippen LogP contribution in [0.5, 0.6) is 0 Å². The van der Waals surface area contributed by atoms with Crippen molar-refractivity contribution >= 4 is 29.3 Å². The molecule has 0 saturated carbocycles. The molecule has 2 aromatic carbocycles. The number of aryl methyl sites for hydroxylation is 1. The zero-order valence-electron chi connectivity index (χ0n) is 13.0. The summed E-state index contributed by atoms with van der Waals surface area (Å²) in [7, 11) is 0. The first-order chi connectivity index (χ1) is 11.5. The number of amides is 3. The average Bonchev–Trinajstić information content (AvgIpc) is 2.79. The highest BCUT2D eigenvalue weighted by molar-refractivity contribution is 6.32. The van der Waals surface area contributed by atoms with Gasteiger partial charge in [0.05, 0.1) is 11.1 Å². The summed E-state index contributed by atoms with van der Waals surface area (Å²) in [5.74, 6) is -0.989. The Morgan fingerprint density at radius 3 is 2.58 bits per heavy atom. The summed E-state index contributed by atoms with van der Waals surface area (Å²) < 4.78 is 0. The van der Waals surface area contributed by atoms with Crippen molar-refractivity contribution in [2.75, 3.05) is 13.1 Å². The third-order valence-electron chi connectivity index (χ3n) is 3.83. The van der Waals surface area contributed by atoms with Gasteiger partial charge in [-0.25, -0.2) is 0 Å². The Labute approximate surface area is 144 Å². The third-order valence-corrected chi connectivity index (χ3v) is 4.07. The Morgan fingerprint density at radius 1 is 1.08 bits per heavy atom. The third kappa shape index (κ3) is 3.03. The lowest BCUT2D eigenvalue weighted by atomic mass is 10.1. The number of carbonyl (C=O) groups excluding carboxylic acids is 3. The van der Waals surface area contributed by atoms with Crippen molar-refractivity contribution in [2.24, 2.45) is 0 Å². The minimum Gasteiger partial charge on any atom is -0.350 e. The fourth-order valence-electron chi connectivity index (χ4n) is 2.64. The second kappa shape index (κ2) is 6.45. The zero-order chi connectivity index (χ0) is 17.3. The average molecular weight is 343 g/mol. The predicted octanol–water partition coefficient (Wildman–Crippen LogP) is 2.67. The molecule has 0 fully saturated rings. The summed E-state index contributed by atoms with van der Waals surface area (Å²) in [5, 5.41) is 3.13. The molecular weight excluding hydrogens is 328 g/mol. The maximum Gasteiger partial charge on any atom is 0.261 e. The van der Waals surface area contributed by atoms with Crippen LogP contribution in [0, 0.1) is 6.92 Å². The summed E-state index contributed by atoms with van der Waals surface area (Å²) in [6.07, 6.45) is 0. The Kier molecular flexibility index (Phi) is 4.36. The van der Waals surface area contributed by atoms with Crippen LogP contribution in [0.2, 0.25) is 5.02 Å². The van der Waals surface area contributed by atoms with Crippen LogP contribution in [0.15, 0.2) is 42.5 Å². The van der Waals surface area contributed by atoms with Gasteiger partial charge in [-0.2, -0.15) is 0 Å². The fourth-order valence-corrected chi connectivity index (χ4v) is 2.81. The molecule has 5 nitrogen and oxygen atoms in total. The molecule has 1 heterocycles. The van der Waals surface area contributed by atoms with Crippen LogP contribution in [0.4, 0.5) is 0 Å². The van der Waals surface area contributed by atoms with Gasteiger partial charge < -0.3 is 5.32 Å². The molecule has 122 valence electrons. The highest BCUT2D eigenvalue weighted by atomic mass is 35.5. The smallest absolute Gasteiger partial charge is 0.261 e. The van der Waals surface area contributed by atoms with Gasteiger partial charge in [-0.15, -0.1) is 0 Å². The van der Waals surface area contributed by atoms with Gasteiger partial charge in [0.25, 0.3) is 17.7 Å². The molecule has 0 bridgehead atoms. The Balaban J connectivity index is 1.63. The first-order valence-corrected chi connectivity index (χ1v) is 7.86. The molecule has 1 N–H and O–H groups in total. The molecule has 1 aliphatic rings. The predicted molar refractivity (Wildman–Crippen MR) is 90.3 cm³/mol. The van der Waals surface area contributed by atoms with E-state index in [0.29, 0.717) is 21.7 Å². The van der Waals surface area contributed by atoms with Gasteiger partial charge in [0, 0.05) is 23.7 Å².